The fraction of sp³-hybridized carbons (Fsp3) is 0.545. The third-order valence-electron chi connectivity index (χ3n) is 2.67. The van der Waals surface area contributed by atoms with Crippen LogP contribution in [0.15, 0.2) is 0 Å². The van der Waals surface area contributed by atoms with Crippen molar-refractivity contribution in [3.63, 3.8) is 0 Å². The van der Waals surface area contributed by atoms with E-state index < -0.39 is 0 Å². The van der Waals surface area contributed by atoms with Crippen molar-refractivity contribution in [1.29, 1.82) is 0 Å². The molecule has 0 bridgehead atoms. The lowest BCUT2D eigenvalue weighted by Crippen LogP contribution is -2.26. The number of fused-ring (bicyclic) bond motifs is 1. The molecule has 17 heavy (non-hydrogen) atoms. The number of anilines is 1. The largest absolute Gasteiger partial charge is 0.322 e. The maximum absolute atomic E-state index is 11.9. The zero-order valence-corrected chi connectivity index (χ0v) is 10.7. The number of ketones is 1. The van der Waals surface area contributed by atoms with Gasteiger partial charge in [-0.25, -0.2) is 4.98 Å². The van der Waals surface area contributed by atoms with Crippen LogP contribution >= 0.6 is 11.3 Å². The molecule has 0 spiro atoms. The summed E-state index contributed by atoms with van der Waals surface area (Å²) >= 11 is 1.24. The zero-order chi connectivity index (χ0) is 12.6. The Bertz CT molecular complexity index is 479. The fourth-order valence-electron chi connectivity index (χ4n) is 1.94. The van der Waals surface area contributed by atoms with Crippen LogP contribution in [-0.2, 0) is 11.2 Å². The number of rotatable bonds is 2. The summed E-state index contributed by atoms with van der Waals surface area (Å²) < 4.78 is 0. The van der Waals surface area contributed by atoms with Crippen LogP contribution < -0.4 is 11.1 Å². The van der Waals surface area contributed by atoms with Crippen molar-refractivity contribution >= 4 is 28.2 Å². The van der Waals surface area contributed by atoms with Crippen LogP contribution in [0.25, 0.3) is 0 Å². The Morgan fingerprint density at radius 2 is 2.24 bits per heavy atom. The van der Waals surface area contributed by atoms with Crippen molar-refractivity contribution in [2.24, 2.45) is 11.1 Å². The van der Waals surface area contributed by atoms with Gasteiger partial charge in [0.1, 0.15) is 0 Å². The van der Waals surface area contributed by atoms with E-state index in [1.54, 1.807) is 0 Å². The lowest BCUT2D eigenvalue weighted by Gasteiger charge is -2.26. The molecule has 1 heterocycles. The number of amides is 1. The molecule has 0 fully saturated rings. The summed E-state index contributed by atoms with van der Waals surface area (Å²) in [6.07, 6.45) is 1.30. The van der Waals surface area contributed by atoms with Crippen molar-refractivity contribution in [3.05, 3.63) is 10.6 Å². The van der Waals surface area contributed by atoms with Crippen LogP contribution in [0.2, 0.25) is 0 Å². The molecule has 5 nitrogen and oxygen atoms in total. The molecule has 0 atom stereocenters. The van der Waals surface area contributed by atoms with Gasteiger partial charge in [0.2, 0.25) is 5.91 Å². The third kappa shape index (κ3) is 2.53. The molecule has 3 N–H and O–H groups in total. The van der Waals surface area contributed by atoms with Gasteiger partial charge >= 0.3 is 0 Å². The molecule has 0 unspecified atom stereocenters. The van der Waals surface area contributed by atoms with Crippen LogP contribution in [-0.4, -0.2) is 23.2 Å². The van der Waals surface area contributed by atoms with Crippen LogP contribution in [0.4, 0.5) is 5.13 Å². The number of thiazole rings is 1. The van der Waals surface area contributed by atoms with E-state index in [2.05, 4.69) is 10.3 Å². The van der Waals surface area contributed by atoms with Gasteiger partial charge in [0.05, 0.1) is 17.1 Å². The van der Waals surface area contributed by atoms with Crippen molar-refractivity contribution in [2.75, 3.05) is 11.9 Å². The Hall–Kier alpha value is -1.27. The fourth-order valence-corrected chi connectivity index (χ4v) is 2.88. The molecule has 1 amide bonds. The van der Waals surface area contributed by atoms with Gasteiger partial charge in [-0.15, -0.1) is 0 Å². The summed E-state index contributed by atoms with van der Waals surface area (Å²) in [4.78, 5) is 28.0. The SMILES string of the molecule is CC1(C)CC(=O)c2sc(NC(=O)CN)nc2C1. The number of carbonyl (C=O) groups is 2. The lowest BCUT2D eigenvalue weighted by atomic mass is 9.78. The molecule has 0 aromatic carbocycles. The van der Waals surface area contributed by atoms with Crippen molar-refractivity contribution in [1.82, 2.24) is 4.98 Å². The maximum Gasteiger partial charge on any atom is 0.239 e. The van der Waals surface area contributed by atoms with Gasteiger partial charge in [-0.2, -0.15) is 0 Å². The van der Waals surface area contributed by atoms with Gasteiger partial charge in [0.25, 0.3) is 0 Å². The Labute approximate surface area is 103 Å². The number of nitrogens with one attached hydrogen (secondary N) is 1. The molecular formula is C11H15N3O2S. The van der Waals surface area contributed by atoms with E-state index in [-0.39, 0.29) is 23.7 Å². The summed E-state index contributed by atoms with van der Waals surface area (Å²) in [6.45, 7) is 4.01. The number of Topliss-reactive ketones (excluding diaryl/α,β-unsaturated/α-hetero) is 1. The summed E-state index contributed by atoms with van der Waals surface area (Å²) in [5.41, 5.74) is 5.96. The second-order valence-electron chi connectivity index (χ2n) is 4.99. The van der Waals surface area contributed by atoms with Gasteiger partial charge in [-0.1, -0.05) is 25.2 Å². The molecule has 1 aromatic rings. The zero-order valence-electron chi connectivity index (χ0n) is 9.87. The highest BCUT2D eigenvalue weighted by Gasteiger charge is 2.33. The van der Waals surface area contributed by atoms with E-state index in [0.717, 1.165) is 12.1 Å². The summed E-state index contributed by atoms with van der Waals surface area (Å²) in [5.74, 6) is -0.176. The lowest BCUT2D eigenvalue weighted by molar-refractivity contribution is -0.114. The Morgan fingerprint density at radius 3 is 2.88 bits per heavy atom. The van der Waals surface area contributed by atoms with Gasteiger partial charge in [-0.05, 0) is 11.8 Å². The third-order valence-corrected chi connectivity index (χ3v) is 3.72. The number of nitrogens with two attached hydrogens (primary N) is 1. The maximum atomic E-state index is 11.9. The smallest absolute Gasteiger partial charge is 0.239 e. The number of hydrogen-bond donors (Lipinski definition) is 2. The van der Waals surface area contributed by atoms with Crippen LogP contribution in [0.1, 0.15) is 35.6 Å². The topological polar surface area (TPSA) is 85.1 Å². The van der Waals surface area contributed by atoms with Gasteiger partial charge < -0.3 is 11.1 Å². The Balaban J connectivity index is 2.27. The second kappa shape index (κ2) is 4.19. The number of hydrogen-bond acceptors (Lipinski definition) is 5. The number of nitrogens with zero attached hydrogens (tertiary/aromatic N) is 1. The standard InChI is InChI=1S/C11H15N3O2S/c1-11(2)3-6-9(7(15)4-11)17-10(13-6)14-8(16)5-12/h3-5,12H2,1-2H3,(H,13,14,16). The highest BCUT2D eigenvalue weighted by atomic mass is 32.1. The van der Waals surface area contributed by atoms with E-state index in [1.165, 1.54) is 11.3 Å². The van der Waals surface area contributed by atoms with E-state index in [1.807, 2.05) is 13.8 Å². The van der Waals surface area contributed by atoms with Crippen molar-refractivity contribution in [2.45, 2.75) is 26.7 Å². The van der Waals surface area contributed by atoms with Crippen molar-refractivity contribution < 1.29 is 9.59 Å². The molecular weight excluding hydrogens is 238 g/mol. The first kappa shape index (κ1) is 12.2. The average Bonchev–Trinajstić information content (AvgIpc) is 2.58. The predicted octanol–water partition coefficient (Wildman–Crippen LogP) is 1.20. The van der Waals surface area contributed by atoms with Crippen molar-refractivity contribution in [3.8, 4) is 0 Å². The average molecular weight is 253 g/mol. The summed E-state index contributed by atoms with van der Waals surface area (Å²) in [5, 5.41) is 3.06. The highest BCUT2D eigenvalue weighted by Crippen LogP contribution is 2.38. The molecule has 0 radical (unpaired) electrons. The quantitative estimate of drug-likeness (QED) is 0.829. The predicted molar refractivity (Wildman–Crippen MR) is 66.2 cm³/mol. The van der Waals surface area contributed by atoms with E-state index in [9.17, 15) is 9.59 Å². The molecule has 6 heteroatoms. The molecule has 0 saturated carbocycles. The Morgan fingerprint density at radius 1 is 1.53 bits per heavy atom. The van der Waals surface area contributed by atoms with Gasteiger partial charge in [0, 0.05) is 6.42 Å². The normalized spacial score (nSPS) is 17.7. The van der Waals surface area contributed by atoms with Gasteiger partial charge in [-0.3, -0.25) is 9.59 Å². The molecule has 92 valence electrons. The molecule has 0 saturated heterocycles. The first-order valence-corrected chi connectivity index (χ1v) is 6.26. The summed E-state index contributed by atoms with van der Waals surface area (Å²) in [6, 6.07) is 0. The Kier molecular flexibility index (Phi) is 3.01. The minimum absolute atomic E-state index is 0.0483. The number of aromatic nitrogens is 1. The van der Waals surface area contributed by atoms with Crippen LogP contribution in [0.3, 0.4) is 0 Å². The van der Waals surface area contributed by atoms with Gasteiger partial charge in [0.15, 0.2) is 10.9 Å². The van der Waals surface area contributed by atoms with E-state index in [0.29, 0.717) is 16.4 Å². The molecule has 0 aliphatic heterocycles. The van der Waals surface area contributed by atoms with E-state index >= 15 is 0 Å². The first-order valence-electron chi connectivity index (χ1n) is 5.44. The molecule has 2 rings (SSSR count). The molecule has 1 aliphatic carbocycles. The molecule has 1 aromatic heterocycles. The van der Waals surface area contributed by atoms with Crippen LogP contribution in [0, 0.1) is 5.41 Å². The molecule has 1 aliphatic rings. The first-order chi connectivity index (χ1) is 7.91. The van der Waals surface area contributed by atoms with E-state index in [4.69, 9.17) is 5.73 Å². The summed E-state index contributed by atoms with van der Waals surface area (Å²) in [7, 11) is 0. The minimum Gasteiger partial charge on any atom is -0.322 e. The second-order valence-corrected chi connectivity index (χ2v) is 5.99. The monoisotopic (exact) mass is 253 g/mol. The number of carbonyl (C=O) groups excluding carboxylic acids is 2. The minimum atomic E-state index is -0.289. The van der Waals surface area contributed by atoms with Crippen LogP contribution in [0.5, 0.6) is 0 Å². The highest BCUT2D eigenvalue weighted by molar-refractivity contribution is 7.17.